The van der Waals surface area contributed by atoms with E-state index in [9.17, 15) is 9.18 Å². The second-order valence-electron chi connectivity index (χ2n) is 3.19. The maximum absolute atomic E-state index is 12.6. The summed E-state index contributed by atoms with van der Waals surface area (Å²) in [6.07, 6.45) is 1.77. The minimum Gasteiger partial charge on any atom is -0.457 e. The largest absolute Gasteiger partial charge is 0.457 e. The van der Waals surface area contributed by atoms with Crippen molar-refractivity contribution in [2.75, 3.05) is 0 Å². The first kappa shape index (κ1) is 10.4. The monoisotopic (exact) mass is 215 g/mol. The van der Waals surface area contributed by atoms with Gasteiger partial charge in [-0.2, -0.15) is 0 Å². The Balaban J connectivity index is 2.20. The van der Waals surface area contributed by atoms with Crippen molar-refractivity contribution in [2.24, 2.45) is 0 Å². The van der Waals surface area contributed by atoms with E-state index in [1.807, 2.05) is 0 Å². The highest BCUT2D eigenvalue weighted by Crippen LogP contribution is 2.21. The van der Waals surface area contributed by atoms with E-state index in [2.05, 4.69) is 0 Å². The minimum atomic E-state index is -0.317. The third kappa shape index (κ3) is 2.45. The van der Waals surface area contributed by atoms with Gasteiger partial charge in [0.05, 0.1) is 0 Å². The second-order valence-corrected chi connectivity index (χ2v) is 3.19. The highest BCUT2D eigenvalue weighted by atomic mass is 19.1. The quantitative estimate of drug-likeness (QED) is 0.786. The van der Waals surface area contributed by atoms with E-state index in [0.717, 1.165) is 0 Å². The maximum Gasteiger partial charge on any atom is 0.233 e. The summed E-state index contributed by atoms with van der Waals surface area (Å²) in [4.78, 5) is 10.4. The molecule has 3 heteroatoms. The molecule has 2 rings (SSSR count). The van der Waals surface area contributed by atoms with Crippen molar-refractivity contribution >= 4 is 6.29 Å². The molecule has 0 spiro atoms. The SMILES string of the molecule is O=[C]c1cccc(Oc2ccc(F)cc2)c1. The smallest absolute Gasteiger partial charge is 0.233 e. The molecule has 0 bridgehead atoms. The van der Waals surface area contributed by atoms with Crippen LogP contribution >= 0.6 is 0 Å². The predicted molar refractivity (Wildman–Crippen MR) is 57.7 cm³/mol. The van der Waals surface area contributed by atoms with Crippen molar-refractivity contribution in [1.82, 2.24) is 0 Å². The fourth-order valence-electron chi connectivity index (χ4n) is 1.26. The van der Waals surface area contributed by atoms with Gasteiger partial charge in [0.15, 0.2) is 0 Å². The topological polar surface area (TPSA) is 26.3 Å². The molecule has 16 heavy (non-hydrogen) atoms. The fourth-order valence-corrected chi connectivity index (χ4v) is 1.26. The molecule has 2 nitrogen and oxygen atoms in total. The van der Waals surface area contributed by atoms with Crippen molar-refractivity contribution in [3.05, 3.63) is 59.9 Å². The Hall–Kier alpha value is -2.16. The summed E-state index contributed by atoms with van der Waals surface area (Å²) >= 11 is 0. The third-order valence-corrected chi connectivity index (χ3v) is 2.00. The van der Waals surface area contributed by atoms with Gasteiger partial charge < -0.3 is 4.74 Å². The van der Waals surface area contributed by atoms with Crippen molar-refractivity contribution in [2.45, 2.75) is 0 Å². The van der Waals surface area contributed by atoms with Gasteiger partial charge in [-0.25, -0.2) is 4.39 Å². The summed E-state index contributed by atoms with van der Waals surface area (Å²) < 4.78 is 18.1. The molecule has 2 aromatic carbocycles. The van der Waals surface area contributed by atoms with Crippen LogP contribution in [0.4, 0.5) is 4.39 Å². The molecule has 1 radical (unpaired) electrons. The molecule has 2 aromatic rings. The fraction of sp³-hybridized carbons (Fsp3) is 0. The van der Waals surface area contributed by atoms with Gasteiger partial charge in [0.25, 0.3) is 0 Å². The third-order valence-electron chi connectivity index (χ3n) is 2.00. The average Bonchev–Trinajstić information content (AvgIpc) is 2.32. The van der Waals surface area contributed by atoms with Gasteiger partial charge in [0.2, 0.25) is 6.29 Å². The Labute approximate surface area is 92.3 Å². The normalized spacial score (nSPS) is 9.81. The lowest BCUT2D eigenvalue weighted by Gasteiger charge is -2.05. The Kier molecular flexibility index (Phi) is 2.96. The van der Waals surface area contributed by atoms with Crippen LogP contribution in [-0.4, -0.2) is 6.29 Å². The van der Waals surface area contributed by atoms with Crippen LogP contribution in [0.2, 0.25) is 0 Å². The Morgan fingerprint density at radius 1 is 1.00 bits per heavy atom. The van der Waals surface area contributed by atoms with Crippen LogP contribution in [0.3, 0.4) is 0 Å². The van der Waals surface area contributed by atoms with Crippen LogP contribution in [0, 0.1) is 5.82 Å². The predicted octanol–water partition coefficient (Wildman–Crippen LogP) is 3.08. The van der Waals surface area contributed by atoms with Gasteiger partial charge in [0, 0.05) is 5.56 Å². The lowest BCUT2D eigenvalue weighted by Crippen LogP contribution is -1.86. The van der Waals surface area contributed by atoms with Crippen LogP contribution in [0.1, 0.15) is 5.56 Å². The summed E-state index contributed by atoms with van der Waals surface area (Å²) in [6.45, 7) is 0. The number of rotatable bonds is 3. The van der Waals surface area contributed by atoms with E-state index in [-0.39, 0.29) is 5.82 Å². The van der Waals surface area contributed by atoms with Crippen molar-refractivity contribution in [1.29, 1.82) is 0 Å². The van der Waals surface area contributed by atoms with Crippen molar-refractivity contribution in [3.8, 4) is 11.5 Å². The van der Waals surface area contributed by atoms with Crippen molar-refractivity contribution < 1.29 is 13.9 Å². The van der Waals surface area contributed by atoms with Gasteiger partial charge in [-0.3, -0.25) is 4.79 Å². The molecule has 0 heterocycles. The van der Waals surface area contributed by atoms with Crippen LogP contribution < -0.4 is 4.74 Å². The van der Waals surface area contributed by atoms with Gasteiger partial charge >= 0.3 is 0 Å². The van der Waals surface area contributed by atoms with E-state index in [4.69, 9.17) is 4.74 Å². The first-order valence-electron chi connectivity index (χ1n) is 4.69. The highest BCUT2D eigenvalue weighted by molar-refractivity contribution is 5.75. The molecular formula is C13H8FO2. The van der Waals surface area contributed by atoms with E-state index in [0.29, 0.717) is 17.1 Å². The molecular weight excluding hydrogens is 207 g/mol. The van der Waals surface area contributed by atoms with Crippen LogP contribution in [0.15, 0.2) is 48.5 Å². The molecule has 0 saturated carbocycles. The molecule has 79 valence electrons. The average molecular weight is 215 g/mol. The molecule has 0 fully saturated rings. The number of carbonyl (C=O) groups excluding carboxylic acids is 1. The van der Waals surface area contributed by atoms with Crippen molar-refractivity contribution in [3.63, 3.8) is 0 Å². The lowest BCUT2D eigenvalue weighted by molar-refractivity contribution is 0.480. The van der Waals surface area contributed by atoms with Gasteiger partial charge in [0.1, 0.15) is 17.3 Å². The molecule has 0 unspecified atom stereocenters. The van der Waals surface area contributed by atoms with E-state index in [1.165, 1.54) is 24.3 Å². The van der Waals surface area contributed by atoms with Crippen LogP contribution in [0.5, 0.6) is 11.5 Å². The lowest BCUT2D eigenvalue weighted by atomic mass is 10.2. The molecule has 0 aliphatic carbocycles. The standard InChI is InChI=1S/C13H8FO2/c14-11-4-6-12(7-5-11)16-13-3-1-2-10(8-13)9-15/h1-8H. The second kappa shape index (κ2) is 4.57. The maximum atomic E-state index is 12.6. The molecule has 0 saturated heterocycles. The molecule has 0 aromatic heterocycles. The summed E-state index contributed by atoms with van der Waals surface area (Å²) in [5.74, 6) is 0.722. The van der Waals surface area contributed by atoms with E-state index < -0.39 is 0 Å². The van der Waals surface area contributed by atoms with Gasteiger partial charge in [-0.05, 0) is 36.4 Å². The molecule has 0 amide bonds. The number of halogens is 1. The highest BCUT2D eigenvalue weighted by Gasteiger charge is 1.99. The summed E-state index contributed by atoms with van der Waals surface area (Å²) in [5, 5.41) is 0. The van der Waals surface area contributed by atoms with Crippen LogP contribution in [-0.2, 0) is 4.79 Å². The summed E-state index contributed by atoms with van der Waals surface area (Å²) in [6, 6.07) is 12.3. The number of benzene rings is 2. The molecule has 0 N–H and O–H groups in total. The van der Waals surface area contributed by atoms with Crippen LogP contribution in [0.25, 0.3) is 0 Å². The zero-order chi connectivity index (χ0) is 11.4. The Morgan fingerprint density at radius 2 is 1.75 bits per heavy atom. The first-order valence-corrected chi connectivity index (χ1v) is 4.69. The van der Waals surface area contributed by atoms with Gasteiger partial charge in [-0.1, -0.05) is 12.1 Å². The summed E-state index contributed by atoms with van der Waals surface area (Å²) in [5.41, 5.74) is 0.416. The summed E-state index contributed by atoms with van der Waals surface area (Å²) in [7, 11) is 0. The Morgan fingerprint density at radius 3 is 2.44 bits per heavy atom. The zero-order valence-electron chi connectivity index (χ0n) is 8.31. The molecule has 0 aliphatic rings. The molecule has 0 atom stereocenters. The number of ether oxygens (including phenoxy) is 1. The Bertz CT molecular complexity index is 492. The number of hydrogen-bond acceptors (Lipinski definition) is 2. The minimum absolute atomic E-state index is 0.317. The zero-order valence-corrected chi connectivity index (χ0v) is 8.31. The number of hydrogen-bond donors (Lipinski definition) is 0. The first-order chi connectivity index (χ1) is 7.78. The molecule has 0 aliphatic heterocycles. The van der Waals surface area contributed by atoms with E-state index in [1.54, 1.807) is 30.6 Å². The van der Waals surface area contributed by atoms with E-state index >= 15 is 0 Å². The van der Waals surface area contributed by atoms with Gasteiger partial charge in [-0.15, -0.1) is 0 Å².